The van der Waals surface area contributed by atoms with Gasteiger partial charge in [0.2, 0.25) is 5.91 Å². The molecule has 4 heteroatoms. The second-order valence-electron chi connectivity index (χ2n) is 4.79. The van der Waals surface area contributed by atoms with E-state index in [4.69, 9.17) is 5.73 Å². The van der Waals surface area contributed by atoms with Gasteiger partial charge in [0.1, 0.15) is 6.04 Å². The maximum absolute atomic E-state index is 12.3. The van der Waals surface area contributed by atoms with E-state index in [0.717, 1.165) is 22.5 Å². The van der Waals surface area contributed by atoms with Crippen molar-refractivity contribution in [1.82, 2.24) is 4.98 Å². The minimum Gasteiger partial charge on any atom is -0.316 e. The molecule has 0 radical (unpaired) electrons. The molecular weight excluding hydrogens is 238 g/mol. The second-order valence-corrected chi connectivity index (χ2v) is 4.79. The smallest absolute Gasteiger partial charge is 0.248 e. The Morgan fingerprint density at radius 1 is 1.32 bits per heavy atom. The topological polar surface area (TPSA) is 59.2 Å². The van der Waals surface area contributed by atoms with Crippen molar-refractivity contribution in [2.24, 2.45) is 5.73 Å². The van der Waals surface area contributed by atoms with Crippen molar-refractivity contribution >= 4 is 11.6 Å². The van der Waals surface area contributed by atoms with Gasteiger partial charge in [-0.3, -0.25) is 9.78 Å². The summed E-state index contributed by atoms with van der Waals surface area (Å²) in [7, 11) is 0. The largest absolute Gasteiger partial charge is 0.316 e. The molecule has 3 rings (SSSR count). The molecule has 2 N–H and O–H groups in total. The number of fused-ring (bicyclic) bond motifs is 1. The fourth-order valence-electron chi connectivity index (χ4n) is 2.41. The van der Waals surface area contributed by atoms with Gasteiger partial charge in [0.05, 0.1) is 12.2 Å². The quantitative estimate of drug-likeness (QED) is 0.889. The zero-order valence-electron chi connectivity index (χ0n) is 10.7. The molecule has 0 spiro atoms. The molecule has 0 fully saturated rings. The summed E-state index contributed by atoms with van der Waals surface area (Å²) in [6.07, 6.45) is 1.73. The second kappa shape index (κ2) is 4.48. The van der Waals surface area contributed by atoms with Gasteiger partial charge < -0.3 is 10.6 Å². The van der Waals surface area contributed by atoms with Crippen LogP contribution in [0.15, 0.2) is 42.6 Å². The van der Waals surface area contributed by atoms with Crippen molar-refractivity contribution in [2.75, 3.05) is 4.90 Å². The number of benzene rings is 1. The molecule has 0 aliphatic carbocycles. The van der Waals surface area contributed by atoms with E-state index in [-0.39, 0.29) is 5.91 Å². The van der Waals surface area contributed by atoms with E-state index >= 15 is 0 Å². The normalized spacial score (nSPS) is 17.7. The Labute approximate surface area is 111 Å². The van der Waals surface area contributed by atoms with Crippen molar-refractivity contribution in [1.29, 1.82) is 0 Å². The maximum Gasteiger partial charge on any atom is 0.248 e. The number of nitrogens with two attached hydrogens (primary N) is 1. The van der Waals surface area contributed by atoms with E-state index < -0.39 is 6.04 Å². The first kappa shape index (κ1) is 11.9. The number of hydrogen-bond acceptors (Lipinski definition) is 3. The standard InChI is InChI=1S/C15H15N3O/c1-10-5-6-13-12(8-10)14(16)15(19)18(13)9-11-4-2-3-7-17-11/h2-8,14H,9,16H2,1H3. The molecule has 1 amide bonds. The van der Waals surface area contributed by atoms with Gasteiger partial charge >= 0.3 is 0 Å². The van der Waals surface area contributed by atoms with Crippen molar-refractivity contribution in [2.45, 2.75) is 19.5 Å². The molecule has 1 aliphatic heterocycles. The van der Waals surface area contributed by atoms with E-state index in [0.29, 0.717) is 6.54 Å². The summed E-state index contributed by atoms with van der Waals surface area (Å²) in [4.78, 5) is 18.2. The van der Waals surface area contributed by atoms with Crippen LogP contribution in [0.3, 0.4) is 0 Å². The van der Waals surface area contributed by atoms with Crippen molar-refractivity contribution in [3.63, 3.8) is 0 Å². The number of pyridine rings is 1. The molecule has 1 unspecified atom stereocenters. The number of hydrogen-bond donors (Lipinski definition) is 1. The summed E-state index contributed by atoms with van der Waals surface area (Å²) in [5.41, 5.74) is 9.76. The zero-order chi connectivity index (χ0) is 13.4. The van der Waals surface area contributed by atoms with Gasteiger partial charge in [-0.2, -0.15) is 0 Å². The van der Waals surface area contributed by atoms with Crippen LogP contribution in [0.25, 0.3) is 0 Å². The number of amides is 1. The van der Waals surface area contributed by atoms with E-state index in [9.17, 15) is 4.79 Å². The number of nitrogens with zero attached hydrogens (tertiary/aromatic N) is 2. The highest BCUT2D eigenvalue weighted by Gasteiger charge is 2.34. The fraction of sp³-hybridized carbons (Fsp3) is 0.200. The highest BCUT2D eigenvalue weighted by molar-refractivity contribution is 6.04. The van der Waals surface area contributed by atoms with Crippen LogP contribution in [0.2, 0.25) is 0 Å². The first-order valence-electron chi connectivity index (χ1n) is 6.24. The number of aryl methyl sites for hydroxylation is 1. The molecule has 2 heterocycles. The Morgan fingerprint density at radius 2 is 2.16 bits per heavy atom. The third-order valence-electron chi connectivity index (χ3n) is 3.39. The SMILES string of the molecule is Cc1ccc2c(c1)C(N)C(=O)N2Cc1ccccn1. The third kappa shape index (κ3) is 2.00. The molecule has 2 aromatic rings. The number of carbonyl (C=O) groups is 1. The molecule has 1 atom stereocenters. The Bertz CT molecular complexity index is 625. The molecule has 0 saturated heterocycles. The molecule has 1 aliphatic rings. The lowest BCUT2D eigenvalue weighted by Crippen LogP contribution is -2.31. The highest BCUT2D eigenvalue weighted by atomic mass is 16.2. The average Bonchev–Trinajstić information content (AvgIpc) is 2.65. The predicted octanol–water partition coefficient (Wildman–Crippen LogP) is 1.94. The maximum atomic E-state index is 12.3. The van der Waals surface area contributed by atoms with Crippen LogP contribution in [0, 0.1) is 6.92 Å². The van der Waals surface area contributed by atoms with Crippen LogP contribution in [0.4, 0.5) is 5.69 Å². The Morgan fingerprint density at radius 3 is 2.89 bits per heavy atom. The van der Waals surface area contributed by atoms with Crippen LogP contribution in [0.5, 0.6) is 0 Å². The lowest BCUT2D eigenvalue weighted by atomic mass is 10.1. The summed E-state index contributed by atoms with van der Waals surface area (Å²) < 4.78 is 0. The third-order valence-corrected chi connectivity index (χ3v) is 3.39. The van der Waals surface area contributed by atoms with E-state index in [1.54, 1.807) is 11.1 Å². The predicted molar refractivity (Wildman–Crippen MR) is 73.5 cm³/mol. The Balaban J connectivity index is 1.98. The van der Waals surface area contributed by atoms with E-state index in [1.165, 1.54) is 0 Å². The summed E-state index contributed by atoms with van der Waals surface area (Å²) >= 11 is 0. The monoisotopic (exact) mass is 253 g/mol. The highest BCUT2D eigenvalue weighted by Crippen LogP contribution is 2.35. The summed E-state index contributed by atoms with van der Waals surface area (Å²) in [5.74, 6) is -0.0637. The number of aromatic nitrogens is 1. The number of anilines is 1. The summed E-state index contributed by atoms with van der Waals surface area (Å²) in [6.45, 7) is 2.46. The molecule has 1 aromatic heterocycles. The van der Waals surface area contributed by atoms with Crippen LogP contribution in [-0.4, -0.2) is 10.9 Å². The molecule has 1 aromatic carbocycles. The van der Waals surface area contributed by atoms with Gasteiger partial charge in [-0.25, -0.2) is 0 Å². The molecular formula is C15H15N3O. The van der Waals surface area contributed by atoms with Crippen LogP contribution >= 0.6 is 0 Å². The summed E-state index contributed by atoms with van der Waals surface area (Å²) in [5, 5.41) is 0. The fourth-order valence-corrected chi connectivity index (χ4v) is 2.41. The van der Waals surface area contributed by atoms with Gasteiger partial charge in [0, 0.05) is 17.4 Å². The molecule has 96 valence electrons. The van der Waals surface area contributed by atoms with Crippen molar-refractivity contribution in [3.8, 4) is 0 Å². The van der Waals surface area contributed by atoms with E-state index in [2.05, 4.69) is 4.98 Å². The van der Waals surface area contributed by atoms with Crippen molar-refractivity contribution < 1.29 is 4.79 Å². The van der Waals surface area contributed by atoms with Crippen LogP contribution in [-0.2, 0) is 11.3 Å². The van der Waals surface area contributed by atoms with Gasteiger partial charge in [0.25, 0.3) is 0 Å². The van der Waals surface area contributed by atoms with E-state index in [1.807, 2.05) is 43.3 Å². The number of rotatable bonds is 2. The Kier molecular flexibility index (Phi) is 2.80. The molecule has 19 heavy (non-hydrogen) atoms. The molecule has 0 bridgehead atoms. The first-order chi connectivity index (χ1) is 9.16. The zero-order valence-corrected chi connectivity index (χ0v) is 10.7. The molecule has 0 saturated carbocycles. The summed E-state index contributed by atoms with van der Waals surface area (Å²) in [6, 6.07) is 11.1. The average molecular weight is 253 g/mol. The van der Waals surface area contributed by atoms with Gasteiger partial charge in [-0.05, 0) is 25.1 Å². The lowest BCUT2D eigenvalue weighted by Gasteiger charge is -2.17. The minimum atomic E-state index is -0.557. The minimum absolute atomic E-state index is 0.0637. The molecule has 4 nitrogen and oxygen atoms in total. The van der Waals surface area contributed by atoms with Gasteiger partial charge in [0.15, 0.2) is 0 Å². The number of carbonyl (C=O) groups excluding carboxylic acids is 1. The van der Waals surface area contributed by atoms with Crippen molar-refractivity contribution in [3.05, 3.63) is 59.4 Å². The van der Waals surface area contributed by atoms with Gasteiger partial charge in [-0.15, -0.1) is 0 Å². The lowest BCUT2D eigenvalue weighted by molar-refractivity contribution is -0.119. The van der Waals surface area contributed by atoms with Gasteiger partial charge in [-0.1, -0.05) is 23.8 Å². The van der Waals surface area contributed by atoms with Crippen LogP contribution < -0.4 is 10.6 Å². The first-order valence-corrected chi connectivity index (χ1v) is 6.24. The van der Waals surface area contributed by atoms with Crippen LogP contribution in [0.1, 0.15) is 22.9 Å². The Hall–Kier alpha value is -2.20.